The number of H-pyrrole nitrogens is 1. The summed E-state index contributed by atoms with van der Waals surface area (Å²) in [7, 11) is 1.43. The molecule has 1 heterocycles. The average Bonchev–Trinajstić information content (AvgIpc) is 2.58. The Kier molecular flexibility index (Phi) is 2.53. The summed E-state index contributed by atoms with van der Waals surface area (Å²) in [6.07, 6.45) is -2.59. The highest BCUT2D eigenvalue weighted by Gasteiger charge is 2.30. The van der Waals surface area contributed by atoms with Gasteiger partial charge in [0.05, 0.1) is 5.69 Å². The molecule has 0 amide bonds. The number of para-hydroxylation sites is 1. The SMILES string of the molecule is CN(CC(F)(F)F)c1c[nH]c2ccccc12. The number of hydrogen-bond donors (Lipinski definition) is 1. The van der Waals surface area contributed by atoms with Gasteiger partial charge in [0.15, 0.2) is 0 Å². The molecule has 0 spiro atoms. The van der Waals surface area contributed by atoms with Gasteiger partial charge in [0.25, 0.3) is 0 Å². The fraction of sp³-hybridized carbons (Fsp3) is 0.273. The molecule has 0 radical (unpaired) electrons. The number of hydrogen-bond acceptors (Lipinski definition) is 1. The van der Waals surface area contributed by atoms with Crippen LogP contribution in [0.5, 0.6) is 0 Å². The Morgan fingerprint density at radius 2 is 1.94 bits per heavy atom. The van der Waals surface area contributed by atoms with E-state index in [2.05, 4.69) is 4.98 Å². The molecule has 0 unspecified atom stereocenters. The predicted octanol–water partition coefficient (Wildman–Crippen LogP) is 3.17. The summed E-state index contributed by atoms with van der Waals surface area (Å²) < 4.78 is 36.7. The molecule has 1 aromatic heterocycles. The van der Waals surface area contributed by atoms with E-state index in [-0.39, 0.29) is 0 Å². The largest absolute Gasteiger partial charge is 0.405 e. The van der Waals surface area contributed by atoms with Crippen molar-refractivity contribution in [3.8, 4) is 0 Å². The number of anilines is 1. The number of aromatic nitrogens is 1. The van der Waals surface area contributed by atoms with E-state index in [1.807, 2.05) is 12.1 Å². The summed E-state index contributed by atoms with van der Waals surface area (Å²) in [6, 6.07) is 7.28. The quantitative estimate of drug-likeness (QED) is 0.836. The Morgan fingerprint density at radius 1 is 1.25 bits per heavy atom. The zero-order chi connectivity index (χ0) is 11.8. The highest BCUT2D eigenvalue weighted by molar-refractivity contribution is 5.92. The number of benzene rings is 1. The molecule has 16 heavy (non-hydrogen) atoms. The van der Waals surface area contributed by atoms with Crippen molar-refractivity contribution >= 4 is 16.6 Å². The van der Waals surface area contributed by atoms with Gasteiger partial charge in [-0.25, -0.2) is 0 Å². The van der Waals surface area contributed by atoms with Crippen LogP contribution >= 0.6 is 0 Å². The van der Waals surface area contributed by atoms with Crippen molar-refractivity contribution in [1.82, 2.24) is 4.98 Å². The summed E-state index contributed by atoms with van der Waals surface area (Å²) in [6.45, 7) is -0.950. The van der Waals surface area contributed by atoms with E-state index in [1.165, 1.54) is 11.9 Å². The van der Waals surface area contributed by atoms with Gasteiger partial charge in [-0.15, -0.1) is 0 Å². The van der Waals surface area contributed by atoms with Crippen molar-refractivity contribution in [1.29, 1.82) is 0 Å². The van der Waals surface area contributed by atoms with Gasteiger partial charge < -0.3 is 9.88 Å². The Balaban J connectivity index is 2.33. The van der Waals surface area contributed by atoms with Gasteiger partial charge in [0, 0.05) is 24.1 Å². The molecule has 1 aromatic carbocycles. The number of aromatic amines is 1. The van der Waals surface area contributed by atoms with Gasteiger partial charge in [-0.3, -0.25) is 0 Å². The van der Waals surface area contributed by atoms with Gasteiger partial charge in [-0.2, -0.15) is 13.2 Å². The van der Waals surface area contributed by atoms with Crippen LogP contribution in [0.3, 0.4) is 0 Å². The zero-order valence-corrected chi connectivity index (χ0v) is 8.67. The molecule has 2 nitrogen and oxygen atoms in total. The summed E-state index contributed by atoms with van der Waals surface area (Å²) in [5, 5.41) is 0.800. The van der Waals surface area contributed by atoms with Crippen LogP contribution in [0.1, 0.15) is 0 Å². The monoisotopic (exact) mass is 228 g/mol. The highest BCUT2D eigenvalue weighted by atomic mass is 19.4. The van der Waals surface area contributed by atoms with Gasteiger partial charge >= 0.3 is 6.18 Å². The van der Waals surface area contributed by atoms with Crippen LogP contribution in [0.25, 0.3) is 10.9 Å². The minimum atomic E-state index is -4.19. The lowest BCUT2D eigenvalue weighted by atomic mass is 10.2. The zero-order valence-electron chi connectivity index (χ0n) is 8.67. The molecule has 0 saturated carbocycles. The van der Waals surface area contributed by atoms with Crippen LogP contribution in [0, 0.1) is 0 Å². The molecular weight excluding hydrogens is 217 g/mol. The Hall–Kier alpha value is -1.65. The fourth-order valence-corrected chi connectivity index (χ4v) is 1.73. The first-order valence-electron chi connectivity index (χ1n) is 4.81. The first-order valence-corrected chi connectivity index (χ1v) is 4.81. The predicted molar refractivity (Wildman–Crippen MR) is 57.6 cm³/mol. The third-order valence-electron chi connectivity index (χ3n) is 2.40. The second kappa shape index (κ2) is 3.73. The van der Waals surface area contributed by atoms with Crippen LogP contribution in [-0.4, -0.2) is 24.8 Å². The maximum atomic E-state index is 12.2. The van der Waals surface area contributed by atoms with Crippen LogP contribution in [-0.2, 0) is 0 Å². The number of fused-ring (bicyclic) bond motifs is 1. The van der Waals surface area contributed by atoms with Crippen molar-refractivity contribution in [2.75, 3.05) is 18.5 Å². The third kappa shape index (κ3) is 2.13. The van der Waals surface area contributed by atoms with E-state index < -0.39 is 12.7 Å². The van der Waals surface area contributed by atoms with Crippen molar-refractivity contribution in [3.63, 3.8) is 0 Å². The van der Waals surface area contributed by atoms with E-state index >= 15 is 0 Å². The Bertz CT molecular complexity index is 487. The molecule has 0 aliphatic carbocycles. The summed E-state index contributed by atoms with van der Waals surface area (Å²) in [4.78, 5) is 4.14. The molecule has 1 N–H and O–H groups in total. The van der Waals surface area contributed by atoms with Crippen LogP contribution in [0.15, 0.2) is 30.5 Å². The molecule has 5 heteroatoms. The van der Waals surface area contributed by atoms with Crippen molar-refractivity contribution in [2.45, 2.75) is 6.18 Å². The van der Waals surface area contributed by atoms with Gasteiger partial charge in [0.2, 0.25) is 0 Å². The van der Waals surface area contributed by atoms with Gasteiger partial charge in [0.1, 0.15) is 6.54 Å². The van der Waals surface area contributed by atoms with E-state index in [4.69, 9.17) is 0 Å². The molecular formula is C11H11F3N2. The molecule has 0 aliphatic rings. The lowest BCUT2D eigenvalue weighted by Crippen LogP contribution is -2.30. The molecule has 2 rings (SSSR count). The van der Waals surface area contributed by atoms with Crippen molar-refractivity contribution in [3.05, 3.63) is 30.5 Å². The third-order valence-corrected chi connectivity index (χ3v) is 2.40. The lowest BCUT2D eigenvalue weighted by Gasteiger charge is -2.19. The second-order valence-electron chi connectivity index (χ2n) is 3.69. The molecule has 0 bridgehead atoms. The maximum Gasteiger partial charge on any atom is 0.405 e. The van der Waals surface area contributed by atoms with Crippen LogP contribution in [0.2, 0.25) is 0 Å². The van der Waals surface area contributed by atoms with Crippen LogP contribution < -0.4 is 4.90 Å². The molecule has 2 aromatic rings. The Labute approximate surface area is 90.7 Å². The Morgan fingerprint density at radius 3 is 2.62 bits per heavy atom. The minimum absolute atomic E-state index is 0.563. The van der Waals surface area contributed by atoms with Crippen molar-refractivity contribution < 1.29 is 13.2 Å². The van der Waals surface area contributed by atoms with Gasteiger partial charge in [-0.05, 0) is 6.07 Å². The molecule has 0 atom stereocenters. The summed E-state index contributed by atoms with van der Waals surface area (Å²) >= 11 is 0. The first-order chi connectivity index (χ1) is 7.47. The van der Waals surface area contributed by atoms with Gasteiger partial charge in [-0.1, -0.05) is 18.2 Å². The normalized spacial score (nSPS) is 12.0. The summed E-state index contributed by atoms with van der Waals surface area (Å²) in [5.74, 6) is 0. The van der Waals surface area contributed by atoms with Crippen LogP contribution in [0.4, 0.5) is 18.9 Å². The number of nitrogens with zero attached hydrogens (tertiary/aromatic N) is 1. The topological polar surface area (TPSA) is 19.0 Å². The lowest BCUT2D eigenvalue weighted by molar-refractivity contribution is -0.119. The summed E-state index contributed by atoms with van der Waals surface area (Å²) in [5.41, 5.74) is 1.40. The van der Waals surface area contributed by atoms with E-state index in [1.54, 1.807) is 18.3 Å². The smallest absolute Gasteiger partial charge is 0.364 e. The molecule has 86 valence electrons. The number of rotatable bonds is 2. The number of alkyl halides is 3. The fourth-order valence-electron chi connectivity index (χ4n) is 1.73. The standard InChI is InChI=1S/C11H11F3N2/c1-16(7-11(12,13)14)10-6-15-9-5-3-2-4-8(9)10/h2-6,15H,7H2,1H3. The number of nitrogens with one attached hydrogen (secondary N) is 1. The van der Waals surface area contributed by atoms with Crippen molar-refractivity contribution in [2.24, 2.45) is 0 Å². The van der Waals surface area contributed by atoms with E-state index in [9.17, 15) is 13.2 Å². The van der Waals surface area contributed by atoms with E-state index in [0.717, 1.165) is 10.9 Å². The highest BCUT2D eigenvalue weighted by Crippen LogP contribution is 2.27. The molecule has 0 aliphatic heterocycles. The minimum Gasteiger partial charge on any atom is -0.364 e. The first kappa shape index (κ1) is 10.9. The number of halogens is 3. The second-order valence-corrected chi connectivity index (χ2v) is 3.69. The van der Waals surface area contributed by atoms with E-state index in [0.29, 0.717) is 5.69 Å². The average molecular weight is 228 g/mol. The molecule has 0 saturated heterocycles. The maximum absolute atomic E-state index is 12.2. The molecule has 0 fully saturated rings.